The van der Waals surface area contributed by atoms with Crippen molar-refractivity contribution in [3.63, 3.8) is 0 Å². The van der Waals surface area contributed by atoms with Crippen LogP contribution in [0.1, 0.15) is 43.2 Å². The molecule has 0 bridgehead atoms. The van der Waals surface area contributed by atoms with E-state index < -0.39 is 47.3 Å². The van der Waals surface area contributed by atoms with E-state index in [1.54, 1.807) is 0 Å². The third-order valence-electron chi connectivity index (χ3n) is 5.93. The Labute approximate surface area is 196 Å². The summed E-state index contributed by atoms with van der Waals surface area (Å²) < 4.78 is 79.9. The number of ether oxygens (including phenoxy) is 1. The van der Waals surface area contributed by atoms with Gasteiger partial charge in [-0.2, -0.15) is 18.4 Å². The highest BCUT2D eigenvalue weighted by atomic mass is 19.4. The molecule has 0 aromatic heterocycles. The van der Waals surface area contributed by atoms with Gasteiger partial charge in [-0.15, -0.1) is 13.2 Å². The van der Waals surface area contributed by atoms with Crippen molar-refractivity contribution in [2.45, 2.75) is 56.6 Å². The highest BCUT2D eigenvalue weighted by Gasteiger charge is 2.38. The fourth-order valence-corrected chi connectivity index (χ4v) is 4.24. The van der Waals surface area contributed by atoms with Crippen LogP contribution in [0.4, 0.5) is 37.7 Å². The molecule has 2 aromatic carbocycles. The number of nitro benzene ring substituents is 1. The van der Waals surface area contributed by atoms with Crippen molar-refractivity contribution >= 4 is 11.4 Å². The van der Waals surface area contributed by atoms with Crippen LogP contribution in [0.15, 0.2) is 42.5 Å². The Bertz CT molecular complexity index is 1090. The molecule has 0 N–H and O–H groups in total. The van der Waals surface area contributed by atoms with Crippen LogP contribution in [-0.4, -0.2) is 24.0 Å². The van der Waals surface area contributed by atoms with Crippen molar-refractivity contribution in [2.24, 2.45) is 0 Å². The molecule has 2 aromatic rings. The van der Waals surface area contributed by atoms with E-state index in [0.717, 1.165) is 29.9 Å². The van der Waals surface area contributed by atoms with Gasteiger partial charge in [0.1, 0.15) is 11.4 Å². The fourth-order valence-electron chi connectivity index (χ4n) is 4.24. The number of hydrogen-bond acceptors (Lipinski definition) is 5. The molecule has 0 atom stereocenters. The van der Waals surface area contributed by atoms with E-state index in [9.17, 15) is 41.7 Å². The van der Waals surface area contributed by atoms with Crippen molar-refractivity contribution in [3.8, 4) is 11.8 Å². The van der Waals surface area contributed by atoms with Gasteiger partial charge < -0.3 is 9.64 Å². The molecule has 0 aliphatic heterocycles. The van der Waals surface area contributed by atoms with E-state index in [4.69, 9.17) is 0 Å². The second-order valence-corrected chi connectivity index (χ2v) is 8.34. The third kappa shape index (κ3) is 6.77. The molecule has 35 heavy (non-hydrogen) atoms. The van der Waals surface area contributed by atoms with Crippen molar-refractivity contribution < 1.29 is 36.0 Å². The van der Waals surface area contributed by atoms with Gasteiger partial charge in [0.05, 0.1) is 22.8 Å². The molecule has 0 radical (unpaired) electrons. The van der Waals surface area contributed by atoms with Crippen molar-refractivity contribution in [2.75, 3.05) is 11.4 Å². The number of nitriles is 1. The van der Waals surface area contributed by atoms with Gasteiger partial charge in [0, 0.05) is 19.2 Å². The van der Waals surface area contributed by atoms with Gasteiger partial charge in [-0.25, -0.2) is 0 Å². The van der Waals surface area contributed by atoms with Gasteiger partial charge in [-0.1, -0.05) is 31.0 Å². The number of anilines is 1. The zero-order chi connectivity index (χ0) is 25.9. The first kappa shape index (κ1) is 26.1. The first-order chi connectivity index (χ1) is 16.3. The lowest BCUT2D eigenvalue weighted by atomic mass is 9.80. The molecule has 1 saturated carbocycles. The lowest BCUT2D eigenvalue weighted by Crippen LogP contribution is -2.29. The number of rotatable bonds is 8. The maximum Gasteiger partial charge on any atom is 0.573 e. The summed E-state index contributed by atoms with van der Waals surface area (Å²) in [6.45, 7) is -0.847. The number of benzene rings is 2. The van der Waals surface area contributed by atoms with E-state index >= 15 is 0 Å². The molecule has 3 rings (SSSR count). The van der Waals surface area contributed by atoms with Gasteiger partial charge in [0.2, 0.25) is 0 Å². The van der Waals surface area contributed by atoms with E-state index in [2.05, 4.69) is 10.8 Å². The average molecular weight is 501 g/mol. The maximum absolute atomic E-state index is 13.0. The summed E-state index contributed by atoms with van der Waals surface area (Å²) in [4.78, 5) is 12.3. The van der Waals surface area contributed by atoms with Gasteiger partial charge in [-0.3, -0.25) is 10.1 Å². The fraction of sp³-hybridized carbons (Fsp3) is 0.435. The molecule has 1 aliphatic rings. The third-order valence-corrected chi connectivity index (χ3v) is 5.93. The van der Waals surface area contributed by atoms with Crippen LogP contribution in [0.2, 0.25) is 0 Å². The molecule has 1 aliphatic carbocycles. The molecular weight excluding hydrogens is 480 g/mol. The highest BCUT2D eigenvalue weighted by molar-refractivity contribution is 5.66. The Morgan fingerprint density at radius 1 is 1.06 bits per heavy atom. The standard InChI is InChI=1S/C23H21F6N3O3/c24-22(25,26)11-12-31(14-16-3-6-18(7-4-16)35-23(27,28)29)19-8-5-17(13-20(19)32(33)34)21(15-30)9-1-2-10-21/h3-8,13H,1-2,9-12,14H2. The van der Waals surface area contributed by atoms with Crippen LogP contribution in [-0.2, 0) is 12.0 Å². The number of hydrogen-bond donors (Lipinski definition) is 0. The molecule has 0 saturated heterocycles. The summed E-state index contributed by atoms with van der Waals surface area (Å²) in [6.07, 6.45) is -8.06. The molecule has 6 nitrogen and oxygen atoms in total. The van der Waals surface area contributed by atoms with Crippen LogP contribution < -0.4 is 9.64 Å². The Morgan fingerprint density at radius 2 is 1.69 bits per heavy atom. The second-order valence-electron chi connectivity index (χ2n) is 8.34. The molecule has 188 valence electrons. The summed E-state index contributed by atoms with van der Waals surface area (Å²) in [5.41, 5.74) is -0.635. The average Bonchev–Trinajstić information content (AvgIpc) is 3.26. The smallest absolute Gasteiger partial charge is 0.406 e. The van der Waals surface area contributed by atoms with Crippen molar-refractivity contribution in [1.82, 2.24) is 0 Å². The normalized spacial score (nSPS) is 15.5. The lowest BCUT2D eigenvalue weighted by molar-refractivity contribution is -0.384. The van der Waals surface area contributed by atoms with Crippen molar-refractivity contribution in [3.05, 3.63) is 63.7 Å². The van der Waals surface area contributed by atoms with Crippen molar-refractivity contribution in [1.29, 1.82) is 5.26 Å². The molecule has 0 heterocycles. The minimum Gasteiger partial charge on any atom is -0.406 e. The van der Waals surface area contributed by atoms with E-state index in [1.807, 2.05) is 0 Å². The largest absolute Gasteiger partial charge is 0.573 e. The lowest BCUT2D eigenvalue weighted by Gasteiger charge is -2.27. The zero-order valence-electron chi connectivity index (χ0n) is 18.3. The predicted octanol–water partition coefficient (Wildman–Crippen LogP) is 6.79. The molecule has 12 heteroatoms. The van der Waals surface area contributed by atoms with Crippen LogP contribution in [0.5, 0.6) is 5.75 Å². The summed E-state index contributed by atoms with van der Waals surface area (Å²) in [5, 5.41) is 21.6. The summed E-state index contributed by atoms with van der Waals surface area (Å²) >= 11 is 0. The summed E-state index contributed by atoms with van der Waals surface area (Å²) in [5.74, 6) is -0.503. The Kier molecular flexibility index (Phi) is 7.47. The van der Waals surface area contributed by atoms with E-state index in [1.165, 1.54) is 30.3 Å². The Hall–Kier alpha value is -3.49. The van der Waals surface area contributed by atoms with Crippen LogP contribution >= 0.6 is 0 Å². The number of nitro groups is 1. The van der Waals surface area contributed by atoms with E-state index in [-0.39, 0.29) is 12.2 Å². The molecular formula is C23H21F6N3O3. The maximum atomic E-state index is 13.0. The predicted molar refractivity (Wildman–Crippen MR) is 114 cm³/mol. The number of halogens is 6. The van der Waals surface area contributed by atoms with Gasteiger partial charge >= 0.3 is 12.5 Å². The quantitative estimate of drug-likeness (QED) is 0.226. The highest BCUT2D eigenvalue weighted by Crippen LogP contribution is 2.43. The van der Waals surface area contributed by atoms with E-state index in [0.29, 0.717) is 24.0 Å². The summed E-state index contributed by atoms with van der Waals surface area (Å²) in [7, 11) is 0. The Morgan fingerprint density at radius 3 is 2.20 bits per heavy atom. The second kappa shape index (κ2) is 10.0. The molecule has 0 amide bonds. The number of alkyl halides is 6. The van der Waals surface area contributed by atoms with Gasteiger partial charge in [-0.05, 0) is 42.2 Å². The first-order valence-corrected chi connectivity index (χ1v) is 10.7. The summed E-state index contributed by atoms with van der Waals surface area (Å²) in [6, 6.07) is 10.8. The first-order valence-electron chi connectivity index (χ1n) is 10.7. The minimum absolute atomic E-state index is 0.0790. The molecule has 0 unspecified atom stereocenters. The SMILES string of the molecule is N#CC1(c2ccc(N(CCC(F)(F)F)Cc3ccc(OC(F)(F)F)cc3)c([N+](=O)[O-])c2)CCCC1. The Balaban J connectivity index is 1.95. The molecule has 0 spiro atoms. The number of nitrogens with zero attached hydrogens (tertiary/aromatic N) is 3. The zero-order valence-corrected chi connectivity index (χ0v) is 18.3. The monoisotopic (exact) mass is 501 g/mol. The van der Waals surface area contributed by atoms with Gasteiger partial charge in [0.25, 0.3) is 5.69 Å². The molecule has 1 fully saturated rings. The van der Waals surface area contributed by atoms with Gasteiger partial charge in [0.15, 0.2) is 0 Å². The van der Waals surface area contributed by atoms with Crippen LogP contribution in [0.3, 0.4) is 0 Å². The van der Waals surface area contributed by atoms with Crippen LogP contribution in [0, 0.1) is 21.4 Å². The minimum atomic E-state index is -4.90. The topological polar surface area (TPSA) is 79.4 Å². The van der Waals surface area contributed by atoms with Crippen LogP contribution in [0.25, 0.3) is 0 Å².